The summed E-state index contributed by atoms with van der Waals surface area (Å²) in [6.07, 6.45) is 6.09. The van der Waals surface area contributed by atoms with Crippen LogP contribution in [0.1, 0.15) is 41.8 Å². The predicted octanol–water partition coefficient (Wildman–Crippen LogP) is 4.20. The van der Waals surface area contributed by atoms with Gasteiger partial charge in [-0.3, -0.25) is 9.59 Å². The first-order valence-electron chi connectivity index (χ1n) is 8.05. The van der Waals surface area contributed by atoms with Gasteiger partial charge < -0.3 is 4.74 Å². The van der Waals surface area contributed by atoms with Gasteiger partial charge in [0.15, 0.2) is 6.61 Å². The third kappa shape index (κ3) is 2.61. The van der Waals surface area contributed by atoms with Crippen molar-refractivity contribution in [2.75, 3.05) is 6.61 Å². The number of carbonyl (C=O) groups is 2. The fraction of sp³-hybridized carbons (Fsp3) is 0.647. The third-order valence-corrected chi connectivity index (χ3v) is 6.96. The van der Waals surface area contributed by atoms with Crippen LogP contribution in [-0.4, -0.2) is 18.4 Å². The molecule has 1 heterocycles. The maximum absolute atomic E-state index is 12.5. The molecule has 0 atom stereocenters. The lowest BCUT2D eigenvalue weighted by molar-refractivity contribution is -0.161. The first kappa shape index (κ1) is 14.7. The van der Waals surface area contributed by atoms with E-state index in [9.17, 15) is 9.59 Å². The molecule has 0 N–H and O–H groups in total. The SMILES string of the molecule is O=C(COC(=O)C1C2CC3CC(C2)CC1C3)c1ccc(Cl)s1. The van der Waals surface area contributed by atoms with E-state index in [1.165, 1.54) is 43.4 Å². The molecule has 4 saturated carbocycles. The average molecular weight is 339 g/mol. The van der Waals surface area contributed by atoms with Crippen molar-refractivity contribution < 1.29 is 14.3 Å². The predicted molar refractivity (Wildman–Crippen MR) is 85.2 cm³/mol. The van der Waals surface area contributed by atoms with Crippen LogP contribution >= 0.6 is 22.9 Å². The smallest absolute Gasteiger partial charge is 0.309 e. The topological polar surface area (TPSA) is 43.4 Å². The maximum Gasteiger partial charge on any atom is 0.309 e. The van der Waals surface area contributed by atoms with Gasteiger partial charge in [0.2, 0.25) is 5.78 Å². The maximum atomic E-state index is 12.5. The Bertz CT molecular complexity index is 581. The van der Waals surface area contributed by atoms with Gasteiger partial charge in [0.25, 0.3) is 0 Å². The van der Waals surface area contributed by atoms with E-state index in [0.29, 0.717) is 21.0 Å². The Balaban J connectivity index is 1.37. The number of ketones is 1. The van der Waals surface area contributed by atoms with Gasteiger partial charge in [0.1, 0.15) is 0 Å². The molecule has 5 rings (SSSR count). The molecule has 4 bridgehead atoms. The molecule has 0 aliphatic heterocycles. The summed E-state index contributed by atoms with van der Waals surface area (Å²) in [7, 11) is 0. The molecule has 118 valence electrons. The summed E-state index contributed by atoms with van der Waals surface area (Å²) in [5.74, 6) is 2.39. The Labute approximate surface area is 139 Å². The minimum atomic E-state index is -0.158. The number of hydrogen-bond acceptors (Lipinski definition) is 4. The highest BCUT2D eigenvalue weighted by molar-refractivity contribution is 7.18. The fourth-order valence-corrected chi connectivity index (χ4v) is 6.05. The van der Waals surface area contributed by atoms with Crippen LogP contribution in [-0.2, 0) is 9.53 Å². The lowest BCUT2D eigenvalue weighted by atomic mass is 9.52. The molecule has 22 heavy (non-hydrogen) atoms. The van der Waals surface area contributed by atoms with E-state index in [2.05, 4.69) is 0 Å². The average Bonchev–Trinajstić information content (AvgIpc) is 2.90. The zero-order chi connectivity index (χ0) is 15.3. The number of Topliss-reactive ketones (excluding diaryl/α,β-unsaturated/α-hetero) is 1. The lowest BCUT2D eigenvalue weighted by Crippen LogP contribution is -2.48. The number of carbonyl (C=O) groups excluding carboxylic acids is 2. The Morgan fingerprint density at radius 3 is 2.27 bits per heavy atom. The zero-order valence-electron chi connectivity index (χ0n) is 12.3. The lowest BCUT2D eigenvalue weighted by Gasteiger charge is -2.53. The first-order chi connectivity index (χ1) is 10.6. The summed E-state index contributed by atoms with van der Waals surface area (Å²) < 4.78 is 5.95. The molecule has 4 aliphatic carbocycles. The number of thiophene rings is 1. The number of esters is 1. The van der Waals surface area contributed by atoms with Crippen LogP contribution in [0.15, 0.2) is 12.1 Å². The quantitative estimate of drug-likeness (QED) is 0.610. The van der Waals surface area contributed by atoms with Crippen LogP contribution in [0.4, 0.5) is 0 Å². The van der Waals surface area contributed by atoms with Crippen LogP contribution in [0.25, 0.3) is 0 Å². The number of hydrogen-bond donors (Lipinski definition) is 0. The van der Waals surface area contributed by atoms with Crippen molar-refractivity contribution in [1.29, 1.82) is 0 Å². The minimum absolute atomic E-state index is 0.0347. The summed E-state index contributed by atoms with van der Waals surface area (Å²) in [6.45, 7) is -0.154. The van der Waals surface area contributed by atoms with E-state index in [1.54, 1.807) is 12.1 Å². The van der Waals surface area contributed by atoms with E-state index in [-0.39, 0.29) is 24.3 Å². The van der Waals surface area contributed by atoms with Crippen LogP contribution in [0.5, 0.6) is 0 Å². The molecule has 4 aliphatic rings. The molecule has 0 aromatic carbocycles. The second-order valence-corrected chi connectivity index (χ2v) is 8.81. The second-order valence-electron chi connectivity index (χ2n) is 7.09. The Morgan fingerprint density at radius 1 is 1.09 bits per heavy atom. The summed E-state index contributed by atoms with van der Waals surface area (Å²) in [6, 6.07) is 3.38. The van der Waals surface area contributed by atoms with Crippen molar-refractivity contribution in [2.45, 2.75) is 32.1 Å². The van der Waals surface area contributed by atoms with Crippen molar-refractivity contribution in [3.63, 3.8) is 0 Å². The minimum Gasteiger partial charge on any atom is -0.457 e. The van der Waals surface area contributed by atoms with Crippen molar-refractivity contribution in [3.8, 4) is 0 Å². The first-order valence-corrected chi connectivity index (χ1v) is 9.24. The van der Waals surface area contributed by atoms with Gasteiger partial charge in [-0.15, -0.1) is 11.3 Å². The molecule has 4 fully saturated rings. The summed E-state index contributed by atoms with van der Waals surface area (Å²) in [4.78, 5) is 25.1. The Morgan fingerprint density at radius 2 is 1.73 bits per heavy atom. The molecule has 5 heteroatoms. The van der Waals surface area contributed by atoms with Gasteiger partial charge in [-0.1, -0.05) is 11.6 Å². The highest BCUT2D eigenvalue weighted by Crippen LogP contribution is 2.56. The van der Waals surface area contributed by atoms with E-state index >= 15 is 0 Å². The second kappa shape index (κ2) is 5.64. The van der Waals surface area contributed by atoms with E-state index < -0.39 is 0 Å². The highest BCUT2D eigenvalue weighted by atomic mass is 35.5. The van der Waals surface area contributed by atoms with Gasteiger partial charge in [0.05, 0.1) is 15.1 Å². The summed E-state index contributed by atoms with van der Waals surface area (Å²) in [5, 5.41) is 0. The van der Waals surface area contributed by atoms with Crippen molar-refractivity contribution in [2.24, 2.45) is 29.6 Å². The monoisotopic (exact) mass is 338 g/mol. The molecule has 0 amide bonds. The van der Waals surface area contributed by atoms with Crippen molar-refractivity contribution in [1.82, 2.24) is 0 Å². The molecule has 0 saturated heterocycles. The highest BCUT2D eigenvalue weighted by Gasteiger charge is 2.51. The molecule has 1 aromatic rings. The van der Waals surface area contributed by atoms with Gasteiger partial charge >= 0.3 is 5.97 Å². The third-order valence-electron chi connectivity index (χ3n) is 5.69. The number of rotatable bonds is 4. The number of halogens is 1. The van der Waals surface area contributed by atoms with Gasteiger partial charge in [-0.25, -0.2) is 0 Å². The van der Waals surface area contributed by atoms with Crippen LogP contribution in [0.2, 0.25) is 4.34 Å². The normalized spacial score (nSPS) is 35.6. The zero-order valence-corrected chi connectivity index (χ0v) is 13.9. The van der Waals surface area contributed by atoms with Crippen LogP contribution < -0.4 is 0 Å². The van der Waals surface area contributed by atoms with Crippen molar-refractivity contribution >= 4 is 34.7 Å². The number of ether oxygens (including phenoxy) is 1. The van der Waals surface area contributed by atoms with Crippen LogP contribution in [0, 0.1) is 29.6 Å². The largest absolute Gasteiger partial charge is 0.457 e. The molecular formula is C17H19ClO3S. The molecule has 0 unspecified atom stereocenters. The van der Waals surface area contributed by atoms with Gasteiger partial charge in [0, 0.05) is 0 Å². The fourth-order valence-electron chi connectivity index (χ4n) is 5.08. The van der Waals surface area contributed by atoms with E-state index in [4.69, 9.17) is 16.3 Å². The molecular weight excluding hydrogens is 320 g/mol. The van der Waals surface area contributed by atoms with Gasteiger partial charge in [-0.2, -0.15) is 0 Å². The van der Waals surface area contributed by atoms with Gasteiger partial charge in [-0.05, 0) is 67.9 Å². The Hall–Kier alpha value is -0.870. The summed E-state index contributed by atoms with van der Waals surface area (Å²) >= 11 is 7.06. The van der Waals surface area contributed by atoms with Crippen LogP contribution in [0.3, 0.4) is 0 Å². The van der Waals surface area contributed by atoms with E-state index in [1.807, 2.05) is 0 Å². The van der Waals surface area contributed by atoms with Crippen molar-refractivity contribution in [3.05, 3.63) is 21.3 Å². The standard InChI is InChI=1S/C17H19ClO3S/c18-15-2-1-14(22-15)13(19)8-21-17(20)16-11-4-9-3-10(6-11)7-12(16)5-9/h1-2,9-12,16H,3-8H2. The molecule has 0 spiro atoms. The van der Waals surface area contributed by atoms with E-state index in [0.717, 1.165) is 11.8 Å². The molecule has 3 nitrogen and oxygen atoms in total. The molecule has 1 aromatic heterocycles. The summed E-state index contributed by atoms with van der Waals surface area (Å²) in [5.41, 5.74) is 0. The Kier molecular flexibility index (Phi) is 3.77. The molecule has 0 radical (unpaired) electrons.